The maximum Gasteiger partial charge on any atom is 0.0991 e. The Morgan fingerprint density at radius 1 is 1.06 bits per heavy atom. The van der Waals surface area contributed by atoms with Crippen LogP contribution in [-0.4, -0.2) is 0 Å². The number of halogens is 1. The van der Waals surface area contributed by atoms with Crippen LogP contribution in [-0.2, 0) is 0 Å². The third-order valence-electron chi connectivity index (χ3n) is 2.60. The van der Waals surface area contributed by atoms with Gasteiger partial charge in [-0.2, -0.15) is 5.26 Å². The van der Waals surface area contributed by atoms with E-state index in [0.29, 0.717) is 10.6 Å². The highest BCUT2D eigenvalue weighted by Gasteiger charge is 2.08. The Morgan fingerprint density at radius 2 is 1.76 bits per heavy atom. The van der Waals surface area contributed by atoms with Crippen molar-refractivity contribution in [3.8, 4) is 6.07 Å². The second-order valence-electron chi connectivity index (χ2n) is 3.77. The summed E-state index contributed by atoms with van der Waals surface area (Å²) in [4.78, 5) is 0. The van der Waals surface area contributed by atoms with E-state index in [9.17, 15) is 0 Å². The van der Waals surface area contributed by atoms with Crippen LogP contribution in [0.4, 0.5) is 0 Å². The molecule has 0 spiro atoms. The van der Waals surface area contributed by atoms with Gasteiger partial charge < -0.3 is 5.73 Å². The predicted molar refractivity (Wildman–Crippen MR) is 68.6 cm³/mol. The van der Waals surface area contributed by atoms with Crippen LogP contribution in [0, 0.1) is 11.3 Å². The Morgan fingerprint density at radius 3 is 2.41 bits per heavy atom. The molecular formula is C14H11ClN2. The van der Waals surface area contributed by atoms with Gasteiger partial charge in [0, 0.05) is 5.02 Å². The Bertz CT molecular complexity index is 555. The van der Waals surface area contributed by atoms with Crippen LogP contribution in [0.2, 0.25) is 5.02 Å². The van der Waals surface area contributed by atoms with Crippen molar-refractivity contribution in [2.75, 3.05) is 0 Å². The van der Waals surface area contributed by atoms with Gasteiger partial charge in [0.2, 0.25) is 0 Å². The van der Waals surface area contributed by atoms with Gasteiger partial charge in [0.25, 0.3) is 0 Å². The number of hydrogen-bond donors (Lipinski definition) is 1. The SMILES string of the molecule is N#Cc1cccc(C(N)c2ccc(Cl)cc2)c1. The first-order chi connectivity index (χ1) is 8.20. The number of hydrogen-bond acceptors (Lipinski definition) is 2. The number of nitrogens with two attached hydrogens (primary N) is 1. The molecule has 17 heavy (non-hydrogen) atoms. The van der Waals surface area contributed by atoms with Gasteiger partial charge in [-0.25, -0.2) is 0 Å². The molecule has 2 N–H and O–H groups in total. The lowest BCUT2D eigenvalue weighted by molar-refractivity contribution is 0.871. The fraction of sp³-hybridized carbons (Fsp3) is 0.0714. The van der Waals surface area contributed by atoms with Gasteiger partial charge in [-0.3, -0.25) is 0 Å². The zero-order valence-electron chi connectivity index (χ0n) is 9.10. The summed E-state index contributed by atoms with van der Waals surface area (Å²) in [6.07, 6.45) is 0. The number of nitrogens with zero attached hydrogens (tertiary/aromatic N) is 1. The average Bonchev–Trinajstić information content (AvgIpc) is 2.39. The molecule has 0 fully saturated rings. The van der Waals surface area contributed by atoms with Crippen LogP contribution in [0.3, 0.4) is 0 Å². The van der Waals surface area contributed by atoms with Crippen molar-refractivity contribution in [2.24, 2.45) is 5.73 Å². The Balaban J connectivity index is 2.33. The highest BCUT2D eigenvalue weighted by Crippen LogP contribution is 2.21. The summed E-state index contributed by atoms with van der Waals surface area (Å²) >= 11 is 5.83. The zero-order valence-corrected chi connectivity index (χ0v) is 9.85. The van der Waals surface area contributed by atoms with Crippen LogP contribution in [0.5, 0.6) is 0 Å². The zero-order chi connectivity index (χ0) is 12.3. The molecule has 0 radical (unpaired) electrons. The monoisotopic (exact) mass is 242 g/mol. The lowest BCUT2D eigenvalue weighted by atomic mass is 9.98. The molecule has 1 atom stereocenters. The van der Waals surface area contributed by atoms with Crippen molar-refractivity contribution in [3.63, 3.8) is 0 Å². The quantitative estimate of drug-likeness (QED) is 0.879. The molecule has 3 heteroatoms. The van der Waals surface area contributed by atoms with Crippen LogP contribution in [0.25, 0.3) is 0 Å². The van der Waals surface area contributed by atoms with E-state index in [1.165, 1.54) is 0 Å². The van der Waals surface area contributed by atoms with Gasteiger partial charge >= 0.3 is 0 Å². The van der Waals surface area contributed by atoms with Gasteiger partial charge in [-0.1, -0.05) is 35.9 Å². The minimum Gasteiger partial charge on any atom is -0.320 e. The standard InChI is InChI=1S/C14H11ClN2/c15-13-6-4-11(5-7-13)14(17)12-3-1-2-10(8-12)9-16/h1-8,14H,17H2. The summed E-state index contributed by atoms with van der Waals surface area (Å²) in [6, 6.07) is 16.6. The van der Waals surface area contributed by atoms with E-state index in [-0.39, 0.29) is 6.04 Å². The van der Waals surface area contributed by atoms with Gasteiger partial charge in [-0.15, -0.1) is 0 Å². The maximum atomic E-state index is 8.84. The van der Waals surface area contributed by atoms with Gasteiger partial charge in [0.05, 0.1) is 17.7 Å². The second-order valence-corrected chi connectivity index (χ2v) is 4.20. The molecule has 0 saturated heterocycles. The van der Waals surface area contributed by atoms with Crippen molar-refractivity contribution in [2.45, 2.75) is 6.04 Å². The van der Waals surface area contributed by atoms with Crippen molar-refractivity contribution in [1.82, 2.24) is 0 Å². The number of nitriles is 1. The van der Waals surface area contributed by atoms with Crippen molar-refractivity contribution in [1.29, 1.82) is 5.26 Å². The fourth-order valence-electron chi connectivity index (χ4n) is 1.66. The fourth-order valence-corrected chi connectivity index (χ4v) is 1.79. The van der Waals surface area contributed by atoms with Crippen LogP contribution >= 0.6 is 11.6 Å². The van der Waals surface area contributed by atoms with Crippen molar-refractivity contribution >= 4 is 11.6 Å². The molecule has 2 aromatic rings. The summed E-state index contributed by atoms with van der Waals surface area (Å²) < 4.78 is 0. The molecule has 0 amide bonds. The molecule has 1 unspecified atom stereocenters. The highest BCUT2D eigenvalue weighted by atomic mass is 35.5. The molecule has 0 aliphatic carbocycles. The summed E-state index contributed by atoms with van der Waals surface area (Å²) in [7, 11) is 0. The molecule has 0 aliphatic heterocycles. The molecule has 2 rings (SSSR count). The van der Waals surface area contributed by atoms with Crippen LogP contribution in [0.15, 0.2) is 48.5 Å². The van der Waals surface area contributed by atoms with E-state index >= 15 is 0 Å². The summed E-state index contributed by atoms with van der Waals surface area (Å²) in [5.41, 5.74) is 8.65. The minimum atomic E-state index is -0.236. The number of benzene rings is 2. The normalized spacial score (nSPS) is 11.8. The Hall–Kier alpha value is -1.82. The molecule has 0 aromatic heterocycles. The van der Waals surface area contributed by atoms with E-state index in [2.05, 4.69) is 6.07 Å². The molecular weight excluding hydrogens is 232 g/mol. The lowest BCUT2D eigenvalue weighted by Gasteiger charge is -2.12. The maximum absolute atomic E-state index is 8.84. The van der Waals surface area contributed by atoms with E-state index in [1.807, 2.05) is 36.4 Å². The third kappa shape index (κ3) is 2.65. The van der Waals surface area contributed by atoms with Gasteiger partial charge in [0.15, 0.2) is 0 Å². The van der Waals surface area contributed by atoms with Gasteiger partial charge in [0.1, 0.15) is 0 Å². The van der Waals surface area contributed by atoms with Crippen molar-refractivity contribution in [3.05, 3.63) is 70.2 Å². The molecule has 0 bridgehead atoms. The smallest absolute Gasteiger partial charge is 0.0991 e. The molecule has 0 saturated carbocycles. The molecule has 84 valence electrons. The topological polar surface area (TPSA) is 49.8 Å². The summed E-state index contributed by atoms with van der Waals surface area (Å²) in [5.74, 6) is 0. The first-order valence-corrected chi connectivity index (χ1v) is 5.59. The van der Waals surface area contributed by atoms with Crippen molar-refractivity contribution < 1.29 is 0 Å². The molecule has 2 aromatic carbocycles. The molecule has 0 heterocycles. The number of rotatable bonds is 2. The predicted octanol–water partition coefficient (Wildman–Crippen LogP) is 3.26. The first-order valence-electron chi connectivity index (χ1n) is 5.22. The van der Waals surface area contributed by atoms with E-state index < -0.39 is 0 Å². The highest BCUT2D eigenvalue weighted by molar-refractivity contribution is 6.30. The summed E-state index contributed by atoms with van der Waals surface area (Å²) in [6.45, 7) is 0. The Labute approximate surface area is 105 Å². The van der Waals surface area contributed by atoms with E-state index in [1.54, 1.807) is 12.1 Å². The first kappa shape index (κ1) is 11.7. The third-order valence-corrected chi connectivity index (χ3v) is 2.86. The Kier molecular flexibility index (Phi) is 3.43. The lowest BCUT2D eigenvalue weighted by Crippen LogP contribution is -2.11. The summed E-state index contributed by atoms with van der Waals surface area (Å²) in [5, 5.41) is 9.53. The van der Waals surface area contributed by atoms with Gasteiger partial charge in [-0.05, 0) is 35.4 Å². The molecule has 0 aliphatic rings. The van der Waals surface area contributed by atoms with E-state index in [4.69, 9.17) is 22.6 Å². The second kappa shape index (κ2) is 5.01. The molecule has 2 nitrogen and oxygen atoms in total. The largest absolute Gasteiger partial charge is 0.320 e. The van der Waals surface area contributed by atoms with Crippen LogP contribution in [0.1, 0.15) is 22.7 Å². The van der Waals surface area contributed by atoms with Crippen LogP contribution < -0.4 is 5.73 Å². The minimum absolute atomic E-state index is 0.236. The average molecular weight is 243 g/mol. The van der Waals surface area contributed by atoms with E-state index in [0.717, 1.165) is 11.1 Å².